The fraction of sp³-hybridized carbons (Fsp3) is 0.500. The summed E-state index contributed by atoms with van der Waals surface area (Å²) >= 11 is 0. The van der Waals surface area contributed by atoms with Crippen LogP contribution in [-0.2, 0) is 4.79 Å². The number of hydrogen-bond donors (Lipinski definition) is 3. The average molecular weight is 145 g/mol. The number of nitrogens with two attached hydrogens (primary N) is 1. The van der Waals surface area contributed by atoms with Crippen LogP contribution in [0, 0.1) is 0 Å². The molecule has 10 heavy (non-hydrogen) atoms. The standard InChI is InChI=1S/C6H11NO3/c1-4(6(7)10)2-5(9)3-8/h2,5,8-9H,3H2,1H3,(H2,7,10)/b4-2+. The molecular weight excluding hydrogens is 134 g/mol. The number of carbonyl (C=O) groups excluding carboxylic acids is 1. The molecule has 0 spiro atoms. The van der Waals surface area contributed by atoms with Crippen molar-refractivity contribution in [2.45, 2.75) is 13.0 Å². The van der Waals surface area contributed by atoms with Gasteiger partial charge in [-0.05, 0) is 13.0 Å². The van der Waals surface area contributed by atoms with Gasteiger partial charge in [0, 0.05) is 5.57 Å². The van der Waals surface area contributed by atoms with E-state index < -0.39 is 18.6 Å². The van der Waals surface area contributed by atoms with E-state index in [4.69, 9.17) is 15.9 Å². The van der Waals surface area contributed by atoms with Crippen molar-refractivity contribution in [3.63, 3.8) is 0 Å². The largest absolute Gasteiger partial charge is 0.393 e. The Bertz CT molecular complexity index is 153. The van der Waals surface area contributed by atoms with Crippen molar-refractivity contribution in [3.8, 4) is 0 Å². The summed E-state index contributed by atoms with van der Waals surface area (Å²) in [6.07, 6.45) is 0.218. The molecule has 1 amide bonds. The number of aliphatic hydroxyl groups is 2. The van der Waals surface area contributed by atoms with Gasteiger partial charge in [0.05, 0.1) is 12.7 Å². The Kier molecular flexibility index (Phi) is 3.68. The van der Waals surface area contributed by atoms with Gasteiger partial charge in [-0.2, -0.15) is 0 Å². The van der Waals surface area contributed by atoms with Crippen molar-refractivity contribution in [1.82, 2.24) is 0 Å². The highest BCUT2D eigenvalue weighted by Gasteiger charge is 2.01. The minimum Gasteiger partial charge on any atom is -0.393 e. The minimum absolute atomic E-state index is 0.251. The second-order valence-corrected chi connectivity index (χ2v) is 1.96. The first kappa shape index (κ1) is 9.13. The van der Waals surface area contributed by atoms with E-state index in [9.17, 15) is 4.79 Å². The molecule has 0 aliphatic heterocycles. The average Bonchev–Trinajstić information content (AvgIpc) is 1.87. The SMILES string of the molecule is C/C(=C\C(O)CO)C(N)=O. The lowest BCUT2D eigenvalue weighted by Crippen LogP contribution is -2.16. The van der Waals surface area contributed by atoms with E-state index in [1.807, 2.05) is 0 Å². The van der Waals surface area contributed by atoms with Crippen LogP contribution in [-0.4, -0.2) is 28.8 Å². The highest BCUT2D eigenvalue weighted by molar-refractivity contribution is 5.91. The molecule has 0 fully saturated rings. The number of aliphatic hydroxyl groups excluding tert-OH is 2. The van der Waals surface area contributed by atoms with E-state index in [2.05, 4.69) is 0 Å². The van der Waals surface area contributed by atoms with Gasteiger partial charge in [0.25, 0.3) is 0 Å². The molecule has 4 N–H and O–H groups in total. The van der Waals surface area contributed by atoms with Crippen molar-refractivity contribution in [2.24, 2.45) is 5.73 Å². The van der Waals surface area contributed by atoms with E-state index in [1.165, 1.54) is 13.0 Å². The van der Waals surface area contributed by atoms with Crippen molar-refractivity contribution in [1.29, 1.82) is 0 Å². The van der Waals surface area contributed by atoms with Crippen LogP contribution < -0.4 is 5.73 Å². The molecule has 0 saturated heterocycles. The smallest absolute Gasteiger partial charge is 0.244 e. The second kappa shape index (κ2) is 4.03. The summed E-state index contributed by atoms with van der Waals surface area (Å²) in [6.45, 7) is 1.08. The van der Waals surface area contributed by atoms with E-state index in [0.717, 1.165) is 0 Å². The van der Waals surface area contributed by atoms with Crippen LogP contribution >= 0.6 is 0 Å². The molecule has 0 rings (SSSR count). The monoisotopic (exact) mass is 145 g/mol. The molecule has 1 unspecified atom stereocenters. The third-order valence-electron chi connectivity index (χ3n) is 1.02. The molecule has 4 heteroatoms. The highest BCUT2D eigenvalue weighted by Crippen LogP contribution is 1.93. The topological polar surface area (TPSA) is 83.6 Å². The zero-order valence-corrected chi connectivity index (χ0v) is 5.74. The van der Waals surface area contributed by atoms with Crippen molar-refractivity contribution in [2.75, 3.05) is 6.61 Å². The van der Waals surface area contributed by atoms with Gasteiger partial charge in [0.1, 0.15) is 0 Å². The molecule has 0 bridgehead atoms. The Hall–Kier alpha value is -0.870. The van der Waals surface area contributed by atoms with Crippen molar-refractivity contribution in [3.05, 3.63) is 11.6 Å². The lowest BCUT2D eigenvalue weighted by Gasteiger charge is -2.00. The summed E-state index contributed by atoms with van der Waals surface area (Å²) < 4.78 is 0. The predicted octanol–water partition coefficient (Wildman–Crippen LogP) is -1.23. The Balaban J connectivity index is 4.02. The first-order valence-electron chi connectivity index (χ1n) is 2.85. The molecule has 0 aliphatic rings. The zero-order chi connectivity index (χ0) is 8.15. The normalized spacial score (nSPS) is 14.9. The second-order valence-electron chi connectivity index (χ2n) is 1.96. The van der Waals surface area contributed by atoms with Crippen LogP contribution in [0.2, 0.25) is 0 Å². The van der Waals surface area contributed by atoms with Crippen LogP contribution in [0.3, 0.4) is 0 Å². The number of hydrogen-bond acceptors (Lipinski definition) is 3. The van der Waals surface area contributed by atoms with Crippen LogP contribution in [0.5, 0.6) is 0 Å². The maximum atomic E-state index is 10.3. The fourth-order valence-corrected chi connectivity index (χ4v) is 0.423. The molecule has 1 atom stereocenters. The Morgan fingerprint density at radius 2 is 2.30 bits per heavy atom. The van der Waals surface area contributed by atoms with Gasteiger partial charge in [0.2, 0.25) is 5.91 Å². The van der Waals surface area contributed by atoms with E-state index in [-0.39, 0.29) is 5.57 Å². The number of rotatable bonds is 3. The minimum atomic E-state index is -0.993. The Morgan fingerprint density at radius 1 is 1.80 bits per heavy atom. The van der Waals surface area contributed by atoms with Gasteiger partial charge in [0.15, 0.2) is 0 Å². The van der Waals surface area contributed by atoms with Gasteiger partial charge in [-0.25, -0.2) is 0 Å². The third-order valence-corrected chi connectivity index (χ3v) is 1.02. The summed E-state index contributed by atoms with van der Waals surface area (Å²) in [5.74, 6) is -0.590. The van der Waals surface area contributed by atoms with Crippen LogP contribution in [0.25, 0.3) is 0 Å². The van der Waals surface area contributed by atoms with Gasteiger partial charge >= 0.3 is 0 Å². The number of primary amides is 1. The summed E-state index contributed by atoms with van der Waals surface area (Å²) in [5.41, 5.74) is 5.09. The molecule has 4 nitrogen and oxygen atoms in total. The van der Waals surface area contributed by atoms with E-state index >= 15 is 0 Å². The first-order chi connectivity index (χ1) is 4.57. The molecule has 0 aliphatic carbocycles. The molecule has 0 heterocycles. The zero-order valence-electron chi connectivity index (χ0n) is 5.74. The van der Waals surface area contributed by atoms with Gasteiger partial charge in [-0.1, -0.05) is 0 Å². The Labute approximate surface area is 59.0 Å². The molecule has 0 saturated carbocycles. The van der Waals surface area contributed by atoms with Crippen molar-refractivity contribution < 1.29 is 15.0 Å². The quantitative estimate of drug-likeness (QED) is 0.435. The van der Waals surface area contributed by atoms with Crippen LogP contribution in [0.4, 0.5) is 0 Å². The molecule has 0 aromatic heterocycles. The van der Waals surface area contributed by atoms with E-state index in [1.54, 1.807) is 0 Å². The predicted molar refractivity (Wildman–Crippen MR) is 36.0 cm³/mol. The maximum Gasteiger partial charge on any atom is 0.244 e. The number of amides is 1. The maximum absolute atomic E-state index is 10.3. The van der Waals surface area contributed by atoms with Crippen molar-refractivity contribution >= 4 is 5.91 Å². The third kappa shape index (κ3) is 3.21. The summed E-state index contributed by atoms with van der Waals surface area (Å²) in [7, 11) is 0. The number of carbonyl (C=O) groups is 1. The fourth-order valence-electron chi connectivity index (χ4n) is 0.423. The molecule has 0 radical (unpaired) electrons. The molecule has 0 aromatic rings. The van der Waals surface area contributed by atoms with E-state index in [0.29, 0.717) is 0 Å². The van der Waals surface area contributed by atoms with Gasteiger partial charge < -0.3 is 15.9 Å². The summed E-state index contributed by atoms with van der Waals surface area (Å²) in [5, 5.41) is 17.1. The summed E-state index contributed by atoms with van der Waals surface area (Å²) in [4.78, 5) is 10.3. The molecular formula is C6H11NO3. The highest BCUT2D eigenvalue weighted by atomic mass is 16.3. The summed E-state index contributed by atoms with van der Waals surface area (Å²) in [6, 6.07) is 0. The lowest BCUT2D eigenvalue weighted by molar-refractivity contribution is -0.114. The first-order valence-corrected chi connectivity index (χ1v) is 2.85. The molecule has 58 valence electrons. The molecule has 0 aromatic carbocycles. The van der Waals surface area contributed by atoms with Crippen LogP contribution in [0.1, 0.15) is 6.92 Å². The van der Waals surface area contributed by atoms with Crippen LogP contribution in [0.15, 0.2) is 11.6 Å². The Morgan fingerprint density at radius 3 is 2.60 bits per heavy atom. The van der Waals surface area contributed by atoms with Gasteiger partial charge in [-0.3, -0.25) is 4.79 Å². The van der Waals surface area contributed by atoms with Gasteiger partial charge in [-0.15, -0.1) is 0 Å². The lowest BCUT2D eigenvalue weighted by atomic mass is 10.2.